The smallest absolute Gasteiger partial charge is 0.138 e. The van der Waals surface area contributed by atoms with Crippen LogP contribution in [-0.4, -0.2) is 9.97 Å². The highest BCUT2D eigenvalue weighted by Gasteiger charge is 2.04. The second-order valence-corrected chi connectivity index (χ2v) is 5.47. The van der Waals surface area contributed by atoms with Crippen molar-refractivity contribution >= 4 is 23.2 Å². The highest BCUT2D eigenvalue weighted by molar-refractivity contribution is 5.79. The predicted octanol–water partition coefficient (Wildman–Crippen LogP) is 5.40. The summed E-state index contributed by atoms with van der Waals surface area (Å²) in [5.41, 5.74) is 5.53. The number of nitrogens with one attached hydrogen (secondary N) is 1. The fourth-order valence-electron chi connectivity index (χ4n) is 2.60. The molecule has 0 unspecified atom stereocenters. The van der Waals surface area contributed by atoms with Crippen molar-refractivity contribution < 1.29 is 0 Å². The lowest BCUT2D eigenvalue weighted by Crippen LogP contribution is -1.80. The molecule has 0 bridgehead atoms. The third-order valence-corrected chi connectivity index (χ3v) is 3.84. The number of H-pyrrole nitrogens is 1. The maximum absolute atomic E-state index is 4.63. The SMILES string of the molecule is C(=C\c1ccc(-c2nc3ccccc3[nH]2)cc1)/c1ccccc1. The number of aromatic amines is 1. The van der Waals surface area contributed by atoms with Crippen molar-refractivity contribution in [2.24, 2.45) is 0 Å². The summed E-state index contributed by atoms with van der Waals surface area (Å²) >= 11 is 0. The summed E-state index contributed by atoms with van der Waals surface area (Å²) in [5, 5.41) is 0. The first-order valence-corrected chi connectivity index (χ1v) is 7.67. The number of para-hydroxylation sites is 2. The molecule has 4 rings (SSSR count). The van der Waals surface area contributed by atoms with Crippen LogP contribution in [-0.2, 0) is 0 Å². The first-order chi connectivity index (χ1) is 11.4. The zero-order valence-electron chi connectivity index (χ0n) is 12.6. The Balaban J connectivity index is 1.59. The molecule has 0 aliphatic rings. The van der Waals surface area contributed by atoms with Gasteiger partial charge >= 0.3 is 0 Å². The molecule has 0 saturated heterocycles. The van der Waals surface area contributed by atoms with Crippen molar-refractivity contribution in [2.75, 3.05) is 0 Å². The van der Waals surface area contributed by atoms with E-state index in [2.05, 4.69) is 58.5 Å². The summed E-state index contributed by atoms with van der Waals surface area (Å²) in [6.07, 6.45) is 4.24. The molecule has 0 amide bonds. The van der Waals surface area contributed by atoms with E-state index in [4.69, 9.17) is 0 Å². The molecule has 2 nitrogen and oxygen atoms in total. The Bertz CT molecular complexity index is 915. The van der Waals surface area contributed by atoms with Crippen molar-refractivity contribution in [3.8, 4) is 11.4 Å². The van der Waals surface area contributed by atoms with Crippen molar-refractivity contribution in [3.05, 3.63) is 90.0 Å². The Morgan fingerprint density at radius 1 is 0.652 bits per heavy atom. The van der Waals surface area contributed by atoms with E-state index in [-0.39, 0.29) is 0 Å². The van der Waals surface area contributed by atoms with Crippen LogP contribution in [0.1, 0.15) is 11.1 Å². The summed E-state index contributed by atoms with van der Waals surface area (Å²) < 4.78 is 0. The van der Waals surface area contributed by atoms with E-state index < -0.39 is 0 Å². The molecule has 110 valence electrons. The standard InChI is InChI=1S/C21H16N2/c1-2-6-16(7-3-1)10-11-17-12-14-18(15-13-17)21-22-19-8-4-5-9-20(19)23-21/h1-15H,(H,22,23)/b11-10+. The largest absolute Gasteiger partial charge is 0.338 e. The Hall–Kier alpha value is -3.13. The molecule has 4 aromatic rings. The molecule has 3 aromatic carbocycles. The molecule has 1 aromatic heterocycles. The summed E-state index contributed by atoms with van der Waals surface area (Å²) in [6, 6.07) is 26.8. The highest BCUT2D eigenvalue weighted by Crippen LogP contribution is 2.21. The summed E-state index contributed by atoms with van der Waals surface area (Å²) in [4.78, 5) is 7.99. The van der Waals surface area contributed by atoms with E-state index in [0.29, 0.717) is 0 Å². The van der Waals surface area contributed by atoms with E-state index >= 15 is 0 Å². The van der Waals surface area contributed by atoms with Crippen LogP contribution in [0.25, 0.3) is 34.6 Å². The number of nitrogens with zero attached hydrogens (tertiary/aromatic N) is 1. The number of aromatic nitrogens is 2. The van der Waals surface area contributed by atoms with Gasteiger partial charge in [0.15, 0.2) is 0 Å². The molecular formula is C21H16N2. The Morgan fingerprint density at radius 3 is 2.04 bits per heavy atom. The molecule has 2 heteroatoms. The fourth-order valence-corrected chi connectivity index (χ4v) is 2.60. The van der Waals surface area contributed by atoms with E-state index in [0.717, 1.165) is 22.4 Å². The average molecular weight is 296 g/mol. The maximum atomic E-state index is 4.63. The van der Waals surface area contributed by atoms with Crippen molar-refractivity contribution in [3.63, 3.8) is 0 Å². The second-order valence-electron chi connectivity index (χ2n) is 5.47. The van der Waals surface area contributed by atoms with Gasteiger partial charge in [-0.2, -0.15) is 0 Å². The minimum absolute atomic E-state index is 0.907. The number of hydrogen-bond acceptors (Lipinski definition) is 1. The van der Waals surface area contributed by atoms with Crippen LogP contribution >= 0.6 is 0 Å². The van der Waals surface area contributed by atoms with Gasteiger partial charge in [0.1, 0.15) is 5.82 Å². The molecule has 0 radical (unpaired) electrons. The van der Waals surface area contributed by atoms with Crippen molar-refractivity contribution in [1.82, 2.24) is 9.97 Å². The molecular weight excluding hydrogens is 280 g/mol. The molecule has 0 spiro atoms. The van der Waals surface area contributed by atoms with Crippen LogP contribution in [0.4, 0.5) is 0 Å². The summed E-state index contributed by atoms with van der Waals surface area (Å²) in [7, 11) is 0. The minimum Gasteiger partial charge on any atom is -0.338 e. The normalized spacial score (nSPS) is 11.3. The number of imidazole rings is 1. The zero-order valence-corrected chi connectivity index (χ0v) is 12.6. The lowest BCUT2D eigenvalue weighted by molar-refractivity contribution is 1.33. The topological polar surface area (TPSA) is 28.7 Å². The van der Waals surface area contributed by atoms with Gasteiger partial charge in [0.25, 0.3) is 0 Å². The Labute approximate surface area is 135 Å². The molecule has 0 atom stereocenters. The van der Waals surface area contributed by atoms with Gasteiger partial charge in [-0.05, 0) is 23.3 Å². The van der Waals surface area contributed by atoms with Gasteiger partial charge in [-0.3, -0.25) is 0 Å². The van der Waals surface area contributed by atoms with Crippen LogP contribution in [0.5, 0.6) is 0 Å². The predicted molar refractivity (Wildman–Crippen MR) is 96.9 cm³/mol. The first kappa shape index (κ1) is 13.5. The summed E-state index contributed by atoms with van der Waals surface area (Å²) in [6.45, 7) is 0. The molecule has 0 saturated carbocycles. The molecule has 0 aliphatic heterocycles. The lowest BCUT2D eigenvalue weighted by Gasteiger charge is -1.98. The quantitative estimate of drug-likeness (QED) is 0.504. The van der Waals surface area contributed by atoms with Crippen molar-refractivity contribution in [2.45, 2.75) is 0 Å². The maximum Gasteiger partial charge on any atom is 0.138 e. The van der Waals surface area contributed by atoms with Gasteiger partial charge in [-0.25, -0.2) is 4.98 Å². The van der Waals surface area contributed by atoms with E-state index in [1.165, 1.54) is 11.1 Å². The van der Waals surface area contributed by atoms with Gasteiger partial charge in [0.2, 0.25) is 0 Å². The van der Waals surface area contributed by atoms with Gasteiger partial charge < -0.3 is 4.98 Å². The molecule has 1 N–H and O–H groups in total. The Kier molecular flexibility index (Phi) is 3.49. The average Bonchev–Trinajstić information content (AvgIpc) is 3.05. The van der Waals surface area contributed by atoms with Crippen LogP contribution in [0, 0.1) is 0 Å². The third kappa shape index (κ3) is 2.92. The number of fused-ring (bicyclic) bond motifs is 1. The highest BCUT2D eigenvalue weighted by atomic mass is 14.9. The van der Waals surface area contributed by atoms with Gasteiger partial charge in [0, 0.05) is 5.56 Å². The minimum atomic E-state index is 0.907. The summed E-state index contributed by atoms with van der Waals surface area (Å²) in [5.74, 6) is 0.907. The van der Waals surface area contributed by atoms with Crippen LogP contribution in [0.2, 0.25) is 0 Å². The molecule has 23 heavy (non-hydrogen) atoms. The van der Waals surface area contributed by atoms with Crippen LogP contribution < -0.4 is 0 Å². The molecule has 1 heterocycles. The van der Waals surface area contributed by atoms with Crippen LogP contribution in [0.15, 0.2) is 78.9 Å². The van der Waals surface area contributed by atoms with E-state index in [9.17, 15) is 0 Å². The monoisotopic (exact) mass is 296 g/mol. The first-order valence-electron chi connectivity index (χ1n) is 7.67. The zero-order chi connectivity index (χ0) is 15.5. The Morgan fingerprint density at radius 2 is 1.30 bits per heavy atom. The lowest BCUT2D eigenvalue weighted by atomic mass is 10.1. The second kappa shape index (κ2) is 5.93. The number of hydrogen-bond donors (Lipinski definition) is 1. The van der Waals surface area contributed by atoms with Gasteiger partial charge in [0.05, 0.1) is 11.0 Å². The van der Waals surface area contributed by atoms with E-state index in [1.54, 1.807) is 0 Å². The van der Waals surface area contributed by atoms with Gasteiger partial charge in [-0.15, -0.1) is 0 Å². The number of rotatable bonds is 3. The third-order valence-electron chi connectivity index (χ3n) is 3.84. The van der Waals surface area contributed by atoms with Crippen molar-refractivity contribution in [1.29, 1.82) is 0 Å². The fraction of sp³-hybridized carbons (Fsp3) is 0. The molecule has 0 fully saturated rings. The van der Waals surface area contributed by atoms with E-state index in [1.807, 2.05) is 42.5 Å². The van der Waals surface area contributed by atoms with Crippen LogP contribution in [0.3, 0.4) is 0 Å². The number of benzene rings is 3. The molecule has 0 aliphatic carbocycles. The van der Waals surface area contributed by atoms with Gasteiger partial charge in [-0.1, -0.05) is 78.9 Å².